The number of nitrogens with one attached hydrogen (secondary N) is 1. The molecule has 1 aliphatic carbocycles. The second-order valence-electron chi connectivity index (χ2n) is 4.88. The van der Waals surface area contributed by atoms with Gasteiger partial charge in [-0.05, 0) is 44.0 Å². The first-order valence-electron chi connectivity index (χ1n) is 6.07. The summed E-state index contributed by atoms with van der Waals surface area (Å²) in [5.41, 5.74) is 1.04. The number of methoxy groups -OCH3 is 1. The minimum Gasteiger partial charge on any atom is -0.469 e. The monoisotopic (exact) mass is 251 g/mol. The molecule has 2 rings (SSSR count). The van der Waals surface area contributed by atoms with E-state index >= 15 is 0 Å². The summed E-state index contributed by atoms with van der Waals surface area (Å²) in [5, 5.41) is 3.16. The van der Waals surface area contributed by atoms with Crippen LogP contribution in [0.1, 0.15) is 30.0 Å². The third-order valence-electron chi connectivity index (χ3n) is 3.74. The lowest BCUT2D eigenvalue weighted by atomic mass is 9.89. The Morgan fingerprint density at radius 1 is 1.50 bits per heavy atom. The van der Waals surface area contributed by atoms with Crippen molar-refractivity contribution in [2.75, 3.05) is 14.2 Å². The molecule has 0 spiro atoms. The highest BCUT2D eigenvalue weighted by Gasteiger charge is 2.56. The van der Waals surface area contributed by atoms with Gasteiger partial charge in [-0.1, -0.05) is 12.1 Å². The first-order valence-corrected chi connectivity index (χ1v) is 6.07. The molecule has 1 aromatic carbocycles. The fourth-order valence-corrected chi connectivity index (χ4v) is 2.56. The summed E-state index contributed by atoms with van der Waals surface area (Å²) >= 11 is 0. The Morgan fingerprint density at radius 3 is 2.61 bits per heavy atom. The van der Waals surface area contributed by atoms with Crippen LogP contribution in [0, 0.1) is 18.2 Å². The van der Waals surface area contributed by atoms with Gasteiger partial charge in [0.25, 0.3) is 0 Å². The van der Waals surface area contributed by atoms with E-state index in [0.29, 0.717) is 5.56 Å². The average molecular weight is 251 g/mol. The predicted molar refractivity (Wildman–Crippen MR) is 66.6 cm³/mol. The molecule has 1 N–H and O–H groups in total. The first kappa shape index (κ1) is 13.0. The van der Waals surface area contributed by atoms with Crippen LogP contribution in [0.2, 0.25) is 0 Å². The van der Waals surface area contributed by atoms with Gasteiger partial charge in [-0.2, -0.15) is 0 Å². The zero-order valence-corrected chi connectivity index (χ0v) is 10.9. The second-order valence-corrected chi connectivity index (χ2v) is 4.88. The lowest BCUT2D eigenvalue weighted by molar-refractivity contribution is -0.148. The highest BCUT2D eigenvalue weighted by molar-refractivity contribution is 5.81. The highest BCUT2D eigenvalue weighted by Crippen LogP contribution is 2.55. The van der Waals surface area contributed by atoms with Crippen molar-refractivity contribution in [3.63, 3.8) is 0 Å². The molecule has 0 amide bonds. The summed E-state index contributed by atoms with van der Waals surface area (Å²) in [6.07, 6.45) is 1.61. The van der Waals surface area contributed by atoms with Crippen LogP contribution in [0.5, 0.6) is 0 Å². The van der Waals surface area contributed by atoms with E-state index < -0.39 is 5.41 Å². The number of halogens is 1. The van der Waals surface area contributed by atoms with Crippen molar-refractivity contribution < 1.29 is 13.9 Å². The number of esters is 1. The summed E-state index contributed by atoms with van der Waals surface area (Å²) < 4.78 is 18.2. The van der Waals surface area contributed by atoms with Gasteiger partial charge < -0.3 is 10.1 Å². The van der Waals surface area contributed by atoms with E-state index in [0.717, 1.165) is 18.4 Å². The molecule has 3 nitrogen and oxygen atoms in total. The Kier molecular flexibility index (Phi) is 3.39. The SMILES string of the molecule is CNC(c1ccc(F)c(C)c1)C1(C(=O)OC)CC1. The normalized spacial score (nSPS) is 18.2. The third kappa shape index (κ3) is 2.01. The minimum atomic E-state index is -0.478. The largest absolute Gasteiger partial charge is 0.469 e. The van der Waals surface area contributed by atoms with Gasteiger partial charge in [-0.25, -0.2) is 4.39 Å². The summed E-state index contributed by atoms with van der Waals surface area (Å²) in [5.74, 6) is -0.416. The summed E-state index contributed by atoms with van der Waals surface area (Å²) in [6.45, 7) is 1.73. The number of ether oxygens (including phenoxy) is 1. The zero-order chi connectivity index (χ0) is 13.3. The fraction of sp³-hybridized carbons (Fsp3) is 0.500. The van der Waals surface area contributed by atoms with Gasteiger partial charge in [0.05, 0.1) is 12.5 Å². The van der Waals surface area contributed by atoms with Crippen molar-refractivity contribution in [3.8, 4) is 0 Å². The number of hydrogen-bond donors (Lipinski definition) is 1. The second kappa shape index (κ2) is 4.69. The maximum Gasteiger partial charge on any atom is 0.313 e. The quantitative estimate of drug-likeness (QED) is 0.835. The van der Waals surface area contributed by atoms with Gasteiger partial charge in [-0.15, -0.1) is 0 Å². The lowest BCUT2D eigenvalue weighted by Crippen LogP contribution is -2.33. The van der Waals surface area contributed by atoms with Crippen molar-refractivity contribution in [1.29, 1.82) is 0 Å². The topological polar surface area (TPSA) is 38.3 Å². The standard InChI is InChI=1S/C14H18FNO2/c1-9-8-10(4-5-11(9)15)12(16-2)14(6-7-14)13(17)18-3/h4-5,8,12,16H,6-7H2,1-3H3. The molecule has 1 fully saturated rings. The maximum atomic E-state index is 13.3. The molecule has 0 bridgehead atoms. The van der Waals surface area contributed by atoms with E-state index in [1.165, 1.54) is 13.2 Å². The molecule has 1 unspecified atom stereocenters. The Balaban J connectivity index is 2.34. The molecule has 1 aliphatic rings. The molecule has 98 valence electrons. The number of carbonyl (C=O) groups is 1. The van der Waals surface area contributed by atoms with Gasteiger partial charge in [0.15, 0.2) is 0 Å². The molecule has 1 aromatic rings. The Morgan fingerprint density at radius 2 is 2.17 bits per heavy atom. The Hall–Kier alpha value is -1.42. The first-order chi connectivity index (χ1) is 8.55. The predicted octanol–water partition coefficient (Wildman–Crippen LogP) is 2.35. The molecule has 18 heavy (non-hydrogen) atoms. The van der Waals surface area contributed by atoms with Crippen LogP contribution < -0.4 is 5.32 Å². The van der Waals surface area contributed by atoms with Crippen molar-refractivity contribution in [3.05, 3.63) is 35.1 Å². The van der Waals surface area contributed by atoms with Gasteiger partial charge >= 0.3 is 5.97 Å². The number of carbonyl (C=O) groups excluding carboxylic acids is 1. The highest BCUT2D eigenvalue weighted by atomic mass is 19.1. The number of rotatable bonds is 4. The smallest absolute Gasteiger partial charge is 0.313 e. The molecule has 0 aromatic heterocycles. The zero-order valence-electron chi connectivity index (χ0n) is 10.9. The average Bonchev–Trinajstić information content (AvgIpc) is 3.15. The van der Waals surface area contributed by atoms with Crippen molar-refractivity contribution in [2.45, 2.75) is 25.8 Å². The van der Waals surface area contributed by atoms with E-state index in [1.54, 1.807) is 19.1 Å². The van der Waals surface area contributed by atoms with Crippen molar-refractivity contribution in [2.24, 2.45) is 5.41 Å². The Bertz CT molecular complexity index is 469. The van der Waals surface area contributed by atoms with Crippen LogP contribution in [0.25, 0.3) is 0 Å². The van der Waals surface area contributed by atoms with Crippen LogP contribution in [0.4, 0.5) is 4.39 Å². The number of benzene rings is 1. The van der Waals surface area contributed by atoms with Crippen molar-refractivity contribution >= 4 is 5.97 Å². The third-order valence-corrected chi connectivity index (χ3v) is 3.74. The van der Waals surface area contributed by atoms with E-state index in [-0.39, 0.29) is 17.8 Å². The van der Waals surface area contributed by atoms with E-state index in [9.17, 15) is 9.18 Å². The van der Waals surface area contributed by atoms with Crippen LogP contribution in [-0.4, -0.2) is 20.1 Å². The molecule has 4 heteroatoms. The van der Waals surface area contributed by atoms with Gasteiger partial charge in [-0.3, -0.25) is 4.79 Å². The molecular weight excluding hydrogens is 233 g/mol. The fourth-order valence-electron chi connectivity index (χ4n) is 2.56. The van der Waals surface area contributed by atoms with E-state index in [2.05, 4.69) is 5.32 Å². The molecule has 0 radical (unpaired) electrons. The Labute approximate surface area is 106 Å². The van der Waals surface area contributed by atoms with Crippen LogP contribution in [0.3, 0.4) is 0 Å². The minimum absolute atomic E-state index is 0.121. The lowest BCUT2D eigenvalue weighted by Gasteiger charge is -2.25. The van der Waals surface area contributed by atoms with Crippen LogP contribution in [-0.2, 0) is 9.53 Å². The molecule has 0 saturated heterocycles. The van der Waals surface area contributed by atoms with Gasteiger partial charge in [0.2, 0.25) is 0 Å². The van der Waals surface area contributed by atoms with Crippen molar-refractivity contribution in [1.82, 2.24) is 5.32 Å². The maximum absolute atomic E-state index is 13.3. The van der Waals surface area contributed by atoms with E-state index in [1.807, 2.05) is 7.05 Å². The molecule has 0 aliphatic heterocycles. The summed E-state index contributed by atoms with van der Waals surface area (Å²) in [6, 6.07) is 4.85. The number of aryl methyl sites for hydroxylation is 1. The van der Waals surface area contributed by atoms with E-state index in [4.69, 9.17) is 4.74 Å². The summed E-state index contributed by atoms with van der Waals surface area (Å²) in [4.78, 5) is 11.9. The van der Waals surface area contributed by atoms with Crippen LogP contribution >= 0.6 is 0 Å². The molecule has 1 saturated carbocycles. The molecule has 1 atom stereocenters. The summed E-state index contributed by atoms with van der Waals surface area (Å²) in [7, 11) is 3.22. The van der Waals surface area contributed by atoms with Gasteiger partial charge in [0, 0.05) is 6.04 Å². The molecule has 0 heterocycles. The number of hydrogen-bond acceptors (Lipinski definition) is 3. The van der Waals surface area contributed by atoms with Crippen LogP contribution in [0.15, 0.2) is 18.2 Å². The van der Waals surface area contributed by atoms with Gasteiger partial charge in [0.1, 0.15) is 5.82 Å². The molecular formula is C14H18FNO2.